The average molecular weight is 223 g/mol. The fourth-order valence-corrected chi connectivity index (χ4v) is 1.70. The van der Waals surface area contributed by atoms with Crippen molar-refractivity contribution in [2.24, 2.45) is 0 Å². The summed E-state index contributed by atoms with van der Waals surface area (Å²) < 4.78 is 10.5. The lowest BCUT2D eigenvalue weighted by atomic mass is 9.89. The van der Waals surface area contributed by atoms with Gasteiger partial charge in [0.25, 0.3) is 0 Å². The molecule has 0 saturated heterocycles. The molecule has 0 aromatic heterocycles. The van der Waals surface area contributed by atoms with Gasteiger partial charge in [0.05, 0.1) is 14.2 Å². The molecule has 0 saturated carbocycles. The SMILES string of the molecule is CCC(C)(NC)c1ccc(OC)c(OC)c1. The molecule has 0 radical (unpaired) electrons. The van der Waals surface area contributed by atoms with Crippen LogP contribution in [0.25, 0.3) is 0 Å². The molecular weight excluding hydrogens is 202 g/mol. The van der Waals surface area contributed by atoms with E-state index in [9.17, 15) is 0 Å². The van der Waals surface area contributed by atoms with Crippen LogP contribution in [0.4, 0.5) is 0 Å². The molecule has 0 aliphatic carbocycles. The van der Waals surface area contributed by atoms with Crippen molar-refractivity contribution in [2.45, 2.75) is 25.8 Å². The number of methoxy groups -OCH3 is 2. The van der Waals surface area contributed by atoms with Gasteiger partial charge in [-0.2, -0.15) is 0 Å². The van der Waals surface area contributed by atoms with E-state index in [1.807, 2.05) is 19.2 Å². The van der Waals surface area contributed by atoms with E-state index in [4.69, 9.17) is 9.47 Å². The molecule has 0 heterocycles. The molecule has 0 bridgehead atoms. The van der Waals surface area contributed by atoms with Gasteiger partial charge in [0.1, 0.15) is 0 Å². The van der Waals surface area contributed by atoms with Crippen molar-refractivity contribution < 1.29 is 9.47 Å². The van der Waals surface area contributed by atoms with Crippen LogP contribution in [0.3, 0.4) is 0 Å². The molecule has 1 rings (SSSR count). The van der Waals surface area contributed by atoms with Crippen molar-refractivity contribution in [2.75, 3.05) is 21.3 Å². The third kappa shape index (κ3) is 2.30. The monoisotopic (exact) mass is 223 g/mol. The zero-order valence-electron chi connectivity index (χ0n) is 10.8. The summed E-state index contributed by atoms with van der Waals surface area (Å²) in [6.07, 6.45) is 1.01. The van der Waals surface area contributed by atoms with Crippen LogP contribution in [0.5, 0.6) is 11.5 Å². The molecule has 3 nitrogen and oxygen atoms in total. The zero-order valence-corrected chi connectivity index (χ0v) is 10.8. The van der Waals surface area contributed by atoms with Crippen LogP contribution in [0, 0.1) is 0 Å². The summed E-state index contributed by atoms with van der Waals surface area (Å²) in [5.74, 6) is 1.54. The molecule has 16 heavy (non-hydrogen) atoms. The Bertz CT molecular complexity index is 346. The molecule has 0 aliphatic rings. The molecule has 90 valence electrons. The van der Waals surface area contributed by atoms with Crippen LogP contribution in [-0.4, -0.2) is 21.3 Å². The first-order chi connectivity index (χ1) is 7.61. The first kappa shape index (κ1) is 12.8. The van der Waals surface area contributed by atoms with Crippen LogP contribution >= 0.6 is 0 Å². The van der Waals surface area contributed by atoms with Crippen molar-refractivity contribution in [3.63, 3.8) is 0 Å². The quantitative estimate of drug-likeness (QED) is 0.832. The number of hydrogen-bond donors (Lipinski definition) is 1. The number of ether oxygens (including phenoxy) is 2. The highest BCUT2D eigenvalue weighted by Gasteiger charge is 2.23. The van der Waals surface area contributed by atoms with Crippen LogP contribution in [0.2, 0.25) is 0 Å². The maximum absolute atomic E-state index is 5.31. The molecule has 1 aromatic carbocycles. The molecule has 1 atom stereocenters. The Morgan fingerprint density at radius 2 is 1.81 bits per heavy atom. The summed E-state index contributed by atoms with van der Waals surface area (Å²) in [6, 6.07) is 6.04. The van der Waals surface area contributed by atoms with E-state index in [2.05, 4.69) is 25.2 Å². The van der Waals surface area contributed by atoms with Crippen molar-refractivity contribution in [3.8, 4) is 11.5 Å². The summed E-state index contributed by atoms with van der Waals surface area (Å²) in [5.41, 5.74) is 1.18. The van der Waals surface area contributed by atoms with E-state index in [1.54, 1.807) is 14.2 Å². The molecule has 1 aromatic rings. The van der Waals surface area contributed by atoms with Gasteiger partial charge in [0, 0.05) is 5.54 Å². The Labute approximate surface area is 97.8 Å². The molecule has 0 amide bonds. The van der Waals surface area contributed by atoms with Gasteiger partial charge in [-0.15, -0.1) is 0 Å². The number of hydrogen-bond acceptors (Lipinski definition) is 3. The smallest absolute Gasteiger partial charge is 0.161 e. The highest BCUT2D eigenvalue weighted by molar-refractivity contribution is 5.44. The highest BCUT2D eigenvalue weighted by atomic mass is 16.5. The first-order valence-electron chi connectivity index (χ1n) is 5.52. The normalized spacial score (nSPS) is 14.3. The topological polar surface area (TPSA) is 30.5 Å². The largest absolute Gasteiger partial charge is 0.493 e. The lowest BCUT2D eigenvalue weighted by molar-refractivity contribution is 0.347. The third-order valence-corrected chi connectivity index (χ3v) is 3.28. The lowest BCUT2D eigenvalue weighted by Gasteiger charge is -2.29. The van der Waals surface area contributed by atoms with Gasteiger partial charge >= 0.3 is 0 Å². The first-order valence-corrected chi connectivity index (χ1v) is 5.52. The Morgan fingerprint density at radius 3 is 2.25 bits per heavy atom. The van der Waals surface area contributed by atoms with Crippen molar-refractivity contribution >= 4 is 0 Å². The summed E-state index contributed by atoms with van der Waals surface area (Å²) in [6.45, 7) is 4.33. The second-order valence-electron chi connectivity index (χ2n) is 4.01. The van der Waals surface area contributed by atoms with E-state index < -0.39 is 0 Å². The predicted molar refractivity (Wildman–Crippen MR) is 66.2 cm³/mol. The molecule has 1 N–H and O–H groups in total. The van der Waals surface area contributed by atoms with E-state index in [0.29, 0.717) is 0 Å². The fourth-order valence-electron chi connectivity index (χ4n) is 1.70. The molecule has 3 heteroatoms. The summed E-state index contributed by atoms with van der Waals surface area (Å²) in [4.78, 5) is 0. The highest BCUT2D eigenvalue weighted by Crippen LogP contribution is 2.33. The van der Waals surface area contributed by atoms with Crippen molar-refractivity contribution in [1.29, 1.82) is 0 Å². The Hall–Kier alpha value is -1.22. The minimum atomic E-state index is -0.0282. The summed E-state index contributed by atoms with van der Waals surface area (Å²) >= 11 is 0. The van der Waals surface area contributed by atoms with Crippen LogP contribution < -0.4 is 14.8 Å². The summed E-state index contributed by atoms with van der Waals surface area (Å²) in [7, 11) is 5.28. The second kappa shape index (κ2) is 5.21. The molecule has 0 fully saturated rings. The molecular formula is C13H21NO2. The van der Waals surface area contributed by atoms with Crippen LogP contribution in [-0.2, 0) is 5.54 Å². The maximum atomic E-state index is 5.31. The minimum Gasteiger partial charge on any atom is -0.493 e. The maximum Gasteiger partial charge on any atom is 0.161 e. The molecule has 1 unspecified atom stereocenters. The van der Waals surface area contributed by atoms with E-state index in [-0.39, 0.29) is 5.54 Å². The molecule has 0 aliphatic heterocycles. The zero-order chi connectivity index (χ0) is 12.2. The van der Waals surface area contributed by atoms with Crippen molar-refractivity contribution in [1.82, 2.24) is 5.32 Å². The average Bonchev–Trinajstić information content (AvgIpc) is 2.36. The number of benzene rings is 1. The summed E-state index contributed by atoms with van der Waals surface area (Å²) in [5, 5.41) is 3.34. The number of rotatable bonds is 5. The van der Waals surface area contributed by atoms with Crippen molar-refractivity contribution in [3.05, 3.63) is 23.8 Å². The van der Waals surface area contributed by atoms with Gasteiger partial charge < -0.3 is 14.8 Å². The van der Waals surface area contributed by atoms with Gasteiger partial charge in [0.2, 0.25) is 0 Å². The van der Waals surface area contributed by atoms with E-state index in [1.165, 1.54) is 5.56 Å². The second-order valence-corrected chi connectivity index (χ2v) is 4.01. The lowest BCUT2D eigenvalue weighted by Crippen LogP contribution is -2.35. The van der Waals surface area contributed by atoms with Crippen LogP contribution in [0.1, 0.15) is 25.8 Å². The van der Waals surface area contributed by atoms with Gasteiger partial charge in [-0.25, -0.2) is 0 Å². The van der Waals surface area contributed by atoms with Crippen LogP contribution in [0.15, 0.2) is 18.2 Å². The predicted octanol–water partition coefficient (Wildman–Crippen LogP) is 2.55. The third-order valence-electron chi connectivity index (χ3n) is 3.28. The van der Waals surface area contributed by atoms with Gasteiger partial charge in [0.15, 0.2) is 11.5 Å². The minimum absolute atomic E-state index is 0.0282. The van der Waals surface area contributed by atoms with E-state index >= 15 is 0 Å². The van der Waals surface area contributed by atoms with Gasteiger partial charge in [-0.3, -0.25) is 0 Å². The Morgan fingerprint density at radius 1 is 1.19 bits per heavy atom. The molecule has 0 spiro atoms. The Kier molecular flexibility index (Phi) is 4.19. The number of nitrogens with one attached hydrogen (secondary N) is 1. The standard InChI is InChI=1S/C13H21NO2/c1-6-13(2,14-3)10-7-8-11(15-4)12(9-10)16-5/h7-9,14H,6H2,1-5H3. The van der Waals surface area contributed by atoms with E-state index in [0.717, 1.165) is 17.9 Å². The fraction of sp³-hybridized carbons (Fsp3) is 0.538. The van der Waals surface area contributed by atoms with Gasteiger partial charge in [-0.05, 0) is 38.1 Å². The Balaban J connectivity index is 3.16. The van der Waals surface area contributed by atoms with Gasteiger partial charge in [-0.1, -0.05) is 13.0 Å².